The lowest BCUT2D eigenvalue weighted by Gasteiger charge is -2.33. The summed E-state index contributed by atoms with van der Waals surface area (Å²) in [6.07, 6.45) is 0.706. The molecule has 238 valence electrons. The molecule has 0 saturated carbocycles. The van der Waals surface area contributed by atoms with E-state index in [-0.39, 0.29) is 40.6 Å². The number of ether oxygens (including phenoxy) is 4. The van der Waals surface area contributed by atoms with E-state index in [2.05, 4.69) is 5.32 Å². The Kier molecular flexibility index (Phi) is 11.9. The molecule has 3 rings (SSSR count). The van der Waals surface area contributed by atoms with Crippen LogP contribution in [0.3, 0.4) is 0 Å². The molecule has 0 saturated heterocycles. The van der Waals surface area contributed by atoms with Gasteiger partial charge in [0, 0.05) is 24.7 Å². The van der Waals surface area contributed by atoms with Crippen molar-refractivity contribution in [2.45, 2.75) is 50.7 Å². The van der Waals surface area contributed by atoms with E-state index in [4.69, 9.17) is 18.9 Å². The van der Waals surface area contributed by atoms with Gasteiger partial charge >= 0.3 is 0 Å². The summed E-state index contributed by atoms with van der Waals surface area (Å²) >= 11 is 0. The molecular formula is C32H41N3O8S. The van der Waals surface area contributed by atoms with E-state index >= 15 is 0 Å². The van der Waals surface area contributed by atoms with Crippen molar-refractivity contribution in [2.75, 3.05) is 39.3 Å². The highest BCUT2D eigenvalue weighted by atomic mass is 32.2. The molecule has 0 aliphatic heterocycles. The molecule has 3 aromatic carbocycles. The minimum absolute atomic E-state index is 0.0753. The molecule has 0 heterocycles. The summed E-state index contributed by atoms with van der Waals surface area (Å²) in [5.41, 5.74) is 0.851. The normalized spacial score (nSPS) is 12.4. The van der Waals surface area contributed by atoms with Crippen molar-refractivity contribution in [1.82, 2.24) is 10.2 Å². The third-order valence-electron chi connectivity index (χ3n) is 7.24. The zero-order chi connectivity index (χ0) is 32.4. The van der Waals surface area contributed by atoms with Gasteiger partial charge in [-0.3, -0.25) is 13.9 Å². The van der Waals surface area contributed by atoms with Gasteiger partial charge in [0.25, 0.3) is 10.0 Å². The van der Waals surface area contributed by atoms with Gasteiger partial charge in [-0.1, -0.05) is 37.3 Å². The Bertz CT molecular complexity index is 1530. The zero-order valence-electron chi connectivity index (χ0n) is 26.2. The first-order chi connectivity index (χ1) is 21.0. The van der Waals surface area contributed by atoms with Crippen LogP contribution in [0.5, 0.6) is 23.0 Å². The summed E-state index contributed by atoms with van der Waals surface area (Å²) < 4.78 is 51.2. The lowest BCUT2D eigenvalue weighted by Crippen LogP contribution is -2.52. The van der Waals surface area contributed by atoms with Crippen molar-refractivity contribution < 1.29 is 37.0 Å². The number of methoxy groups -OCH3 is 4. The maximum absolute atomic E-state index is 14.4. The van der Waals surface area contributed by atoms with Crippen molar-refractivity contribution in [3.05, 3.63) is 72.3 Å². The molecular weight excluding hydrogens is 586 g/mol. The van der Waals surface area contributed by atoms with Crippen LogP contribution in [0.4, 0.5) is 5.69 Å². The minimum Gasteiger partial charge on any atom is -0.497 e. The fourth-order valence-electron chi connectivity index (χ4n) is 4.44. The van der Waals surface area contributed by atoms with Gasteiger partial charge in [0.1, 0.15) is 24.1 Å². The van der Waals surface area contributed by atoms with Gasteiger partial charge in [-0.05, 0) is 50.1 Å². The number of nitrogens with zero attached hydrogens (tertiary/aromatic N) is 2. The Morgan fingerprint density at radius 2 is 1.45 bits per heavy atom. The van der Waals surface area contributed by atoms with Crippen molar-refractivity contribution >= 4 is 27.5 Å². The standard InChI is InChI=1S/C32H41N3O8S/c1-8-22(2)33-32(37)23(3)34(20-24-12-10-9-11-13-24)31(36)21-35(27-18-25(40-4)14-16-28(27)41-5)44(38,39)26-15-17-29(42-6)30(19-26)43-7/h9-19,22-23H,8,20-21H2,1-7H3,(H,33,37)/t22-,23-/m0/s1. The summed E-state index contributed by atoms with van der Waals surface area (Å²) in [5.74, 6) is 0.121. The fourth-order valence-corrected chi connectivity index (χ4v) is 5.87. The van der Waals surface area contributed by atoms with Crippen molar-refractivity contribution in [2.24, 2.45) is 0 Å². The predicted octanol–water partition coefficient (Wildman–Crippen LogP) is 4.25. The Labute approximate surface area is 259 Å². The first-order valence-corrected chi connectivity index (χ1v) is 15.5. The first kappa shape index (κ1) is 34.0. The second-order valence-electron chi connectivity index (χ2n) is 10.1. The van der Waals surface area contributed by atoms with Crippen LogP contribution in [0.1, 0.15) is 32.8 Å². The van der Waals surface area contributed by atoms with E-state index in [1.165, 1.54) is 57.6 Å². The van der Waals surface area contributed by atoms with Crippen LogP contribution in [0, 0.1) is 0 Å². The number of hydrogen-bond donors (Lipinski definition) is 1. The van der Waals surface area contributed by atoms with Gasteiger partial charge in [0.05, 0.1) is 39.0 Å². The quantitative estimate of drug-likeness (QED) is 0.265. The maximum Gasteiger partial charge on any atom is 0.265 e. The number of benzene rings is 3. The Morgan fingerprint density at radius 3 is 2.05 bits per heavy atom. The number of rotatable bonds is 15. The van der Waals surface area contributed by atoms with Crippen LogP contribution in [0.15, 0.2) is 71.6 Å². The fraction of sp³-hybridized carbons (Fsp3) is 0.375. The molecule has 0 aromatic heterocycles. The van der Waals surface area contributed by atoms with Crippen LogP contribution in [0.2, 0.25) is 0 Å². The molecule has 0 fully saturated rings. The summed E-state index contributed by atoms with van der Waals surface area (Å²) in [6.45, 7) is 4.88. The highest BCUT2D eigenvalue weighted by Gasteiger charge is 2.34. The van der Waals surface area contributed by atoms with Crippen LogP contribution in [-0.4, -0.2) is 72.2 Å². The lowest BCUT2D eigenvalue weighted by molar-refractivity contribution is -0.139. The van der Waals surface area contributed by atoms with E-state index < -0.39 is 28.5 Å². The molecule has 0 radical (unpaired) electrons. The Balaban J connectivity index is 2.15. The number of carbonyl (C=O) groups excluding carboxylic acids is 2. The second kappa shape index (κ2) is 15.3. The largest absolute Gasteiger partial charge is 0.497 e. The van der Waals surface area contributed by atoms with Crippen molar-refractivity contribution in [3.8, 4) is 23.0 Å². The number of sulfonamides is 1. The molecule has 0 aliphatic carbocycles. The van der Waals surface area contributed by atoms with E-state index in [1.807, 2.05) is 44.2 Å². The van der Waals surface area contributed by atoms with Crippen LogP contribution in [0.25, 0.3) is 0 Å². The number of hydrogen-bond acceptors (Lipinski definition) is 8. The van der Waals surface area contributed by atoms with Crippen LogP contribution < -0.4 is 28.6 Å². The number of anilines is 1. The summed E-state index contributed by atoms with van der Waals surface area (Å²) in [5, 5.41) is 2.92. The van der Waals surface area contributed by atoms with Gasteiger partial charge in [-0.15, -0.1) is 0 Å². The van der Waals surface area contributed by atoms with E-state index in [0.717, 1.165) is 9.87 Å². The zero-order valence-corrected chi connectivity index (χ0v) is 27.0. The molecule has 11 nitrogen and oxygen atoms in total. The average Bonchev–Trinajstić information content (AvgIpc) is 3.05. The van der Waals surface area contributed by atoms with E-state index in [9.17, 15) is 18.0 Å². The molecule has 3 aromatic rings. The van der Waals surface area contributed by atoms with Crippen molar-refractivity contribution in [1.29, 1.82) is 0 Å². The SMILES string of the molecule is CC[C@H](C)NC(=O)[C@H](C)N(Cc1ccccc1)C(=O)CN(c1cc(OC)ccc1OC)S(=O)(=O)c1ccc(OC)c(OC)c1. The maximum atomic E-state index is 14.4. The summed E-state index contributed by atoms with van der Waals surface area (Å²) in [4.78, 5) is 28.7. The van der Waals surface area contributed by atoms with Gasteiger partial charge in [0.15, 0.2) is 11.5 Å². The smallest absolute Gasteiger partial charge is 0.265 e. The van der Waals surface area contributed by atoms with Crippen molar-refractivity contribution in [3.63, 3.8) is 0 Å². The minimum atomic E-state index is -4.43. The number of nitrogens with one attached hydrogen (secondary N) is 1. The number of amides is 2. The highest BCUT2D eigenvalue weighted by molar-refractivity contribution is 7.92. The third-order valence-corrected chi connectivity index (χ3v) is 9.00. The van der Waals surface area contributed by atoms with E-state index in [0.29, 0.717) is 17.9 Å². The predicted molar refractivity (Wildman–Crippen MR) is 168 cm³/mol. The van der Waals surface area contributed by atoms with Crippen LogP contribution in [-0.2, 0) is 26.2 Å². The van der Waals surface area contributed by atoms with E-state index in [1.54, 1.807) is 19.1 Å². The molecule has 2 atom stereocenters. The lowest BCUT2D eigenvalue weighted by atomic mass is 10.1. The molecule has 1 N–H and O–H groups in total. The van der Waals surface area contributed by atoms with Gasteiger partial charge in [-0.2, -0.15) is 0 Å². The molecule has 0 aliphatic rings. The molecule has 0 bridgehead atoms. The Morgan fingerprint density at radius 1 is 0.818 bits per heavy atom. The van der Waals surface area contributed by atoms with Gasteiger partial charge < -0.3 is 29.2 Å². The molecule has 0 spiro atoms. The topological polar surface area (TPSA) is 124 Å². The summed E-state index contributed by atoms with van der Waals surface area (Å²) in [6, 6.07) is 17.0. The first-order valence-electron chi connectivity index (χ1n) is 14.1. The summed E-state index contributed by atoms with van der Waals surface area (Å²) in [7, 11) is 1.26. The Hall–Kier alpha value is -4.45. The third kappa shape index (κ3) is 7.93. The highest BCUT2D eigenvalue weighted by Crippen LogP contribution is 2.37. The second-order valence-corrected chi connectivity index (χ2v) is 11.9. The van der Waals surface area contributed by atoms with Gasteiger partial charge in [-0.25, -0.2) is 8.42 Å². The van der Waals surface area contributed by atoms with Gasteiger partial charge in [0.2, 0.25) is 11.8 Å². The number of carbonyl (C=O) groups is 2. The molecule has 2 amide bonds. The molecule has 0 unspecified atom stereocenters. The average molecular weight is 628 g/mol. The monoisotopic (exact) mass is 627 g/mol. The molecule has 12 heteroatoms. The molecule has 44 heavy (non-hydrogen) atoms. The van der Waals surface area contributed by atoms with Crippen LogP contribution >= 0.6 is 0 Å².